The number of hydrogen-bond donors (Lipinski definition) is 1. The predicted octanol–water partition coefficient (Wildman–Crippen LogP) is 2.09. The molecule has 1 aromatic heterocycles. The number of fused-ring (bicyclic) bond motifs is 1. The Morgan fingerprint density at radius 2 is 1.72 bits per heavy atom. The number of benzene rings is 2. The van der Waals surface area contributed by atoms with Crippen molar-refractivity contribution in [3.63, 3.8) is 0 Å². The monoisotopic (exact) mass is 238 g/mol. The Bertz CT molecular complexity index is 761. The zero-order valence-corrected chi connectivity index (χ0v) is 9.45. The molecule has 0 radical (unpaired) electrons. The van der Waals surface area contributed by atoms with Crippen LogP contribution in [0.2, 0.25) is 0 Å². The lowest BCUT2D eigenvalue weighted by Crippen LogP contribution is -2.20. The van der Waals surface area contributed by atoms with E-state index in [1.54, 1.807) is 30.5 Å². The minimum Gasteiger partial charge on any atom is -0.508 e. The van der Waals surface area contributed by atoms with Gasteiger partial charge in [-0.25, -0.2) is 9.78 Å². The molecule has 0 saturated carbocycles. The van der Waals surface area contributed by atoms with Gasteiger partial charge >= 0.3 is 5.69 Å². The van der Waals surface area contributed by atoms with Crippen molar-refractivity contribution in [3.05, 3.63) is 65.2 Å². The molecule has 18 heavy (non-hydrogen) atoms. The first kappa shape index (κ1) is 10.5. The summed E-state index contributed by atoms with van der Waals surface area (Å²) in [6.45, 7) is 0. The average Bonchev–Trinajstić information content (AvgIpc) is 2.40. The molecule has 0 aliphatic carbocycles. The highest BCUT2D eigenvalue weighted by atomic mass is 16.3. The molecule has 0 atom stereocenters. The molecule has 0 amide bonds. The summed E-state index contributed by atoms with van der Waals surface area (Å²) in [5.74, 6) is 0.167. The Morgan fingerprint density at radius 1 is 1.00 bits per heavy atom. The first-order valence-corrected chi connectivity index (χ1v) is 5.52. The van der Waals surface area contributed by atoms with E-state index in [1.165, 1.54) is 4.57 Å². The van der Waals surface area contributed by atoms with Gasteiger partial charge in [-0.2, -0.15) is 0 Å². The number of para-hydroxylation sites is 1. The number of aromatic hydroxyl groups is 1. The van der Waals surface area contributed by atoms with E-state index in [4.69, 9.17) is 0 Å². The van der Waals surface area contributed by atoms with Crippen molar-refractivity contribution in [2.75, 3.05) is 0 Å². The summed E-state index contributed by atoms with van der Waals surface area (Å²) >= 11 is 0. The molecule has 88 valence electrons. The molecule has 0 bridgehead atoms. The van der Waals surface area contributed by atoms with Crippen molar-refractivity contribution < 1.29 is 5.11 Å². The van der Waals surface area contributed by atoms with Crippen molar-refractivity contribution in [2.24, 2.45) is 0 Å². The third kappa shape index (κ3) is 1.64. The Balaban J connectivity index is 2.37. The lowest BCUT2D eigenvalue weighted by Gasteiger charge is -2.08. The molecule has 1 heterocycles. The van der Waals surface area contributed by atoms with Gasteiger partial charge in [-0.05, 0) is 30.3 Å². The van der Waals surface area contributed by atoms with Crippen LogP contribution in [0.3, 0.4) is 0 Å². The SMILES string of the molecule is O=c1ncc2ccccc2n1-c1ccc(O)cc1. The summed E-state index contributed by atoms with van der Waals surface area (Å²) in [6.07, 6.45) is 1.56. The van der Waals surface area contributed by atoms with E-state index >= 15 is 0 Å². The second-order valence-corrected chi connectivity index (χ2v) is 3.95. The van der Waals surface area contributed by atoms with Crippen LogP contribution in [-0.4, -0.2) is 14.7 Å². The summed E-state index contributed by atoms with van der Waals surface area (Å²) in [7, 11) is 0. The number of rotatable bonds is 1. The standard InChI is InChI=1S/C14H10N2O2/c17-12-7-5-11(6-8-12)16-13-4-2-1-3-10(13)9-15-14(16)18/h1-9,17H. The van der Waals surface area contributed by atoms with Gasteiger partial charge in [-0.3, -0.25) is 4.57 Å². The quantitative estimate of drug-likeness (QED) is 0.706. The van der Waals surface area contributed by atoms with Gasteiger partial charge < -0.3 is 5.11 Å². The van der Waals surface area contributed by atoms with E-state index in [-0.39, 0.29) is 11.4 Å². The first-order chi connectivity index (χ1) is 8.75. The van der Waals surface area contributed by atoms with Crippen molar-refractivity contribution >= 4 is 10.9 Å². The van der Waals surface area contributed by atoms with Gasteiger partial charge in [0.15, 0.2) is 0 Å². The average molecular weight is 238 g/mol. The molecule has 0 saturated heterocycles. The van der Waals surface area contributed by atoms with E-state index in [9.17, 15) is 9.90 Å². The normalized spacial score (nSPS) is 10.7. The Morgan fingerprint density at radius 3 is 2.50 bits per heavy atom. The lowest BCUT2D eigenvalue weighted by atomic mass is 10.2. The van der Waals surface area contributed by atoms with Crippen molar-refractivity contribution in [3.8, 4) is 11.4 Å². The molecular weight excluding hydrogens is 228 g/mol. The van der Waals surface area contributed by atoms with Crippen LogP contribution < -0.4 is 5.69 Å². The van der Waals surface area contributed by atoms with Crippen LogP contribution in [0.25, 0.3) is 16.6 Å². The van der Waals surface area contributed by atoms with E-state index in [2.05, 4.69) is 4.98 Å². The lowest BCUT2D eigenvalue weighted by molar-refractivity contribution is 0.475. The number of phenols is 1. The highest BCUT2D eigenvalue weighted by molar-refractivity contribution is 5.79. The van der Waals surface area contributed by atoms with Crippen LogP contribution >= 0.6 is 0 Å². The van der Waals surface area contributed by atoms with Gasteiger partial charge in [0.2, 0.25) is 0 Å². The summed E-state index contributed by atoms with van der Waals surface area (Å²) in [4.78, 5) is 15.8. The molecule has 0 unspecified atom stereocenters. The van der Waals surface area contributed by atoms with Gasteiger partial charge in [0, 0.05) is 11.6 Å². The molecule has 4 heteroatoms. The maximum Gasteiger partial charge on any atom is 0.352 e. The number of nitrogens with zero attached hydrogens (tertiary/aromatic N) is 2. The maximum atomic E-state index is 11.9. The summed E-state index contributed by atoms with van der Waals surface area (Å²) < 4.78 is 1.52. The van der Waals surface area contributed by atoms with Gasteiger partial charge in [-0.15, -0.1) is 0 Å². The van der Waals surface area contributed by atoms with Crippen LogP contribution in [0.5, 0.6) is 5.75 Å². The second-order valence-electron chi connectivity index (χ2n) is 3.95. The molecule has 3 aromatic rings. The molecular formula is C14H10N2O2. The van der Waals surface area contributed by atoms with Crippen molar-refractivity contribution in [1.82, 2.24) is 9.55 Å². The predicted molar refractivity (Wildman–Crippen MR) is 69.0 cm³/mol. The van der Waals surface area contributed by atoms with Crippen molar-refractivity contribution in [2.45, 2.75) is 0 Å². The van der Waals surface area contributed by atoms with E-state index in [0.29, 0.717) is 5.69 Å². The third-order valence-electron chi connectivity index (χ3n) is 2.79. The van der Waals surface area contributed by atoms with E-state index in [1.807, 2.05) is 24.3 Å². The Labute approximate surface area is 103 Å². The van der Waals surface area contributed by atoms with Gasteiger partial charge in [-0.1, -0.05) is 18.2 Å². The fourth-order valence-corrected chi connectivity index (χ4v) is 1.94. The highest BCUT2D eigenvalue weighted by Crippen LogP contribution is 2.17. The van der Waals surface area contributed by atoms with E-state index < -0.39 is 0 Å². The van der Waals surface area contributed by atoms with Crippen LogP contribution in [0, 0.1) is 0 Å². The summed E-state index contributed by atoms with van der Waals surface area (Å²) in [5, 5.41) is 10.2. The fraction of sp³-hybridized carbons (Fsp3) is 0. The minimum absolute atomic E-state index is 0.167. The molecule has 4 nitrogen and oxygen atoms in total. The molecule has 0 aliphatic rings. The van der Waals surface area contributed by atoms with Gasteiger partial charge in [0.25, 0.3) is 0 Å². The molecule has 1 N–H and O–H groups in total. The zero-order valence-electron chi connectivity index (χ0n) is 9.45. The zero-order chi connectivity index (χ0) is 12.5. The van der Waals surface area contributed by atoms with Crippen LogP contribution in [0.15, 0.2) is 59.5 Å². The summed E-state index contributed by atoms with van der Waals surface area (Å²) in [5.41, 5.74) is 1.14. The van der Waals surface area contributed by atoms with Gasteiger partial charge in [0.1, 0.15) is 5.75 Å². The Hall–Kier alpha value is -2.62. The Kier molecular flexibility index (Phi) is 2.34. The minimum atomic E-state index is -0.334. The van der Waals surface area contributed by atoms with Crippen molar-refractivity contribution in [1.29, 1.82) is 0 Å². The van der Waals surface area contributed by atoms with E-state index in [0.717, 1.165) is 10.9 Å². The topological polar surface area (TPSA) is 55.1 Å². The molecule has 2 aromatic carbocycles. The molecule has 0 aliphatic heterocycles. The smallest absolute Gasteiger partial charge is 0.352 e. The first-order valence-electron chi connectivity index (χ1n) is 5.52. The molecule has 0 fully saturated rings. The molecule has 0 spiro atoms. The highest BCUT2D eigenvalue weighted by Gasteiger charge is 2.05. The largest absolute Gasteiger partial charge is 0.508 e. The van der Waals surface area contributed by atoms with Crippen LogP contribution in [0.1, 0.15) is 0 Å². The third-order valence-corrected chi connectivity index (χ3v) is 2.79. The second kappa shape index (κ2) is 4.00. The fourth-order valence-electron chi connectivity index (χ4n) is 1.94. The maximum absolute atomic E-state index is 11.9. The van der Waals surface area contributed by atoms with Crippen LogP contribution in [0.4, 0.5) is 0 Å². The number of hydrogen-bond acceptors (Lipinski definition) is 3. The summed E-state index contributed by atoms with van der Waals surface area (Å²) in [6, 6.07) is 14.0. The van der Waals surface area contributed by atoms with Gasteiger partial charge in [0.05, 0.1) is 11.2 Å². The number of aromatic nitrogens is 2. The molecule has 3 rings (SSSR count). The number of phenolic OH excluding ortho intramolecular Hbond substituents is 1. The van der Waals surface area contributed by atoms with Crippen LogP contribution in [-0.2, 0) is 0 Å².